The van der Waals surface area contributed by atoms with Gasteiger partial charge < -0.3 is 15.1 Å². The lowest BCUT2D eigenvalue weighted by Gasteiger charge is -2.21. The molecule has 0 aromatic heterocycles. The van der Waals surface area contributed by atoms with Gasteiger partial charge in [0.05, 0.1) is 0 Å². The van der Waals surface area contributed by atoms with E-state index in [0.29, 0.717) is 0 Å². The molecule has 0 bridgehead atoms. The topological polar surface area (TPSA) is 47.9 Å². The molecule has 1 saturated heterocycles. The Bertz CT molecular complexity index is 270. The van der Waals surface area contributed by atoms with Gasteiger partial charge >= 0.3 is 0 Å². The van der Waals surface area contributed by atoms with E-state index in [-0.39, 0.29) is 12.5 Å². The summed E-state index contributed by atoms with van der Waals surface area (Å²) in [6.45, 7) is 5.36. The molecule has 0 aromatic rings. The predicted molar refractivity (Wildman–Crippen MR) is 70.1 cm³/mol. The number of nitrogens with zero attached hydrogens (tertiary/aromatic N) is 3. The Morgan fingerprint density at radius 2 is 2.00 bits per heavy atom. The van der Waals surface area contributed by atoms with Gasteiger partial charge in [0.15, 0.2) is 5.96 Å². The van der Waals surface area contributed by atoms with Crippen LogP contribution >= 0.6 is 0 Å². The highest BCUT2D eigenvalue weighted by Crippen LogP contribution is 2.07. The van der Waals surface area contributed by atoms with E-state index in [9.17, 15) is 4.79 Å². The van der Waals surface area contributed by atoms with Gasteiger partial charge in [-0.05, 0) is 19.3 Å². The molecule has 5 heteroatoms. The summed E-state index contributed by atoms with van der Waals surface area (Å²) in [5.74, 6) is 0.930. The molecule has 1 aliphatic heterocycles. The van der Waals surface area contributed by atoms with Crippen LogP contribution in [0.15, 0.2) is 4.99 Å². The van der Waals surface area contributed by atoms with Gasteiger partial charge in [-0.25, -0.2) is 4.99 Å². The summed E-state index contributed by atoms with van der Waals surface area (Å²) in [4.78, 5) is 19.7. The minimum atomic E-state index is 0.0417. The normalized spacial score (nSPS) is 16.2. The first kappa shape index (κ1) is 13.8. The van der Waals surface area contributed by atoms with Gasteiger partial charge in [0, 0.05) is 33.7 Å². The summed E-state index contributed by atoms with van der Waals surface area (Å²) in [5, 5.41) is 3.31. The molecule has 0 radical (unpaired) electrons. The highest BCUT2D eigenvalue weighted by molar-refractivity contribution is 5.84. The predicted octanol–water partition coefficient (Wildman–Crippen LogP) is 0.526. The van der Waals surface area contributed by atoms with Gasteiger partial charge in [0.1, 0.15) is 6.54 Å². The first-order chi connectivity index (χ1) is 8.15. The van der Waals surface area contributed by atoms with Gasteiger partial charge in [-0.3, -0.25) is 4.79 Å². The Balaban J connectivity index is 2.54. The summed E-state index contributed by atoms with van der Waals surface area (Å²) in [6.07, 6.45) is 3.50. The smallest absolute Gasteiger partial charge is 0.243 e. The second-order valence-electron chi connectivity index (χ2n) is 4.55. The Morgan fingerprint density at radius 3 is 2.53 bits per heavy atom. The number of rotatable bonds is 4. The second kappa shape index (κ2) is 7.14. The van der Waals surface area contributed by atoms with E-state index in [1.807, 2.05) is 0 Å². The van der Waals surface area contributed by atoms with E-state index >= 15 is 0 Å². The molecule has 98 valence electrons. The van der Waals surface area contributed by atoms with Crippen LogP contribution in [0.4, 0.5) is 0 Å². The number of guanidine groups is 1. The number of aliphatic imine (C=N–C) groups is 1. The molecule has 0 atom stereocenters. The van der Waals surface area contributed by atoms with Crippen LogP contribution in [-0.4, -0.2) is 61.9 Å². The molecule has 0 saturated carbocycles. The van der Waals surface area contributed by atoms with E-state index < -0.39 is 0 Å². The summed E-state index contributed by atoms with van der Waals surface area (Å²) in [6, 6.07) is 0. The molecule has 1 amide bonds. The van der Waals surface area contributed by atoms with Gasteiger partial charge in [0.2, 0.25) is 5.91 Å². The highest BCUT2D eigenvalue weighted by atomic mass is 16.2. The quantitative estimate of drug-likeness (QED) is 0.576. The summed E-state index contributed by atoms with van der Waals surface area (Å²) in [5.41, 5.74) is 0. The van der Waals surface area contributed by atoms with Crippen molar-refractivity contribution in [1.82, 2.24) is 15.1 Å². The second-order valence-corrected chi connectivity index (χ2v) is 4.55. The fraction of sp³-hybridized carbons (Fsp3) is 0.833. The molecule has 0 unspecified atom stereocenters. The van der Waals surface area contributed by atoms with E-state index in [0.717, 1.165) is 32.0 Å². The third-order valence-electron chi connectivity index (χ3n) is 2.80. The molecule has 0 spiro atoms. The van der Waals surface area contributed by atoms with E-state index in [1.165, 1.54) is 12.8 Å². The number of hydrogen-bond acceptors (Lipinski definition) is 2. The highest BCUT2D eigenvalue weighted by Gasteiger charge is 2.16. The van der Waals surface area contributed by atoms with Crippen LogP contribution in [0.3, 0.4) is 0 Å². The summed E-state index contributed by atoms with van der Waals surface area (Å²) < 4.78 is 0. The first-order valence-electron chi connectivity index (χ1n) is 6.38. The zero-order valence-electron chi connectivity index (χ0n) is 11.2. The van der Waals surface area contributed by atoms with Gasteiger partial charge in [-0.15, -0.1) is 0 Å². The van der Waals surface area contributed by atoms with Crippen molar-refractivity contribution >= 4 is 11.9 Å². The van der Waals surface area contributed by atoms with Crippen LogP contribution in [0.2, 0.25) is 0 Å². The maximum atomic E-state index is 11.5. The molecule has 1 fully saturated rings. The largest absolute Gasteiger partial charge is 0.356 e. The first-order valence-corrected chi connectivity index (χ1v) is 6.38. The van der Waals surface area contributed by atoms with Crippen molar-refractivity contribution in [3.63, 3.8) is 0 Å². The molecular weight excluding hydrogens is 216 g/mol. The van der Waals surface area contributed by atoms with Crippen molar-refractivity contribution in [3.05, 3.63) is 0 Å². The molecular formula is C12H24N4O. The van der Waals surface area contributed by atoms with Crippen LogP contribution in [0.5, 0.6) is 0 Å². The van der Waals surface area contributed by atoms with Crippen molar-refractivity contribution in [2.75, 3.05) is 40.3 Å². The molecule has 1 rings (SSSR count). The Morgan fingerprint density at radius 1 is 1.35 bits per heavy atom. The number of likely N-dealkylation sites (tertiary alicyclic amines) is 1. The third kappa shape index (κ3) is 4.63. The lowest BCUT2D eigenvalue weighted by molar-refractivity contribution is -0.127. The monoisotopic (exact) mass is 240 g/mol. The van der Waals surface area contributed by atoms with Crippen molar-refractivity contribution in [3.8, 4) is 0 Å². The molecule has 1 heterocycles. The molecule has 0 aromatic carbocycles. The number of amides is 1. The van der Waals surface area contributed by atoms with Crippen molar-refractivity contribution in [2.45, 2.75) is 26.2 Å². The van der Waals surface area contributed by atoms with Gasteiger partial charge in [-0.1, -0.05) is 6.92 Å². The SMILES string of the molecule is CCCNC(=NCC(=O)N(C)C)N1CCCC1. The third-order valence-corrected chi connectivity index (χ3v) is 2.80. The maximum absolute atomic E-state index is 11.5. The fourth-order valence-corrected chi connectivity index (χ4v) is 1.72. The maximum Gasteiger partial charge on any atom is 0.243 e. The average Bonchev–Trinajstić information content (AvgIpc) is 2.82. The van der Waals surface area contributed by atoms with E-state index in [4.69, 9.17) is 0 Å². The fourth-order valence-electron chi connectivity index (χ4n) is 1.72. The van der Waals surface area contributed by atoms with Gasteiger partial charge in [0.25, 0.3) is 0 Å². The van der Waals surface area contributed by atoms with Gasteiger partial charge in [-0.2, -0.15) is 0 Å². The van der Waals surface area contributed by atoms with Crippen LogP contribution in [0.25, 0.3) is 0 Å². The van der Waals surface area contributed by atoms with Crippen molar-refractivity contribution in [1.29, 1.82) is 0 Å². The number of hydrogen-bond donors (Lipinski definition) is 1. The minimum absolute atomic E-state index is 0.0417. The molecule has 0 aliphatic carbocycles. The number of likely N-dealkylation sites (N-methyl/N-ethyl adjacent to an activating group) is 1. The molecule has 1 aliphatic rings. The summed E-state index contributed by atoms with van der Waals surface area (Å²) >= 11 is 0. The number of carbonyl (C=O) groups excluding carboxylic acids is 1. The van der Waals surface area contributed by atoms with Crippen molar-refractivity contribution in [2.24, 2.45) is 4.99 Å². The van der Waals surface area contributed by atoms with Crippen molar-refractivity contribution < 1.29 is 4.79 Å². The van der Waals surface area contributed by atoms with Crippen LogP contribution in [0.1, 0.15) is 26.2 Å². The lowest BCUT2D eigenvalue weighted by Crippen LogP contribution is -2.40. The standard InChI is InChI=1S/C12H24N4O/c1-4-7-13-12(16-8-5-6-9-16)14-10-11(17)15(2)3/h4-10H2,1-3H3,(H,13,14). The number of carbonyl (C=O) groups is 1. The Labute approximate surface area is 104 Å². The average molecular weight is 240 g/mol. The Kier molecular flexibility index (Phi) is 5.80. The summed E-state index contributed by atoms with van der Waals surface area (Å²) in [7, 11) is 3.51. The van der Waals surface area contributed by atoms with Crippen LogP contribution in [-0.2, 0) is 4.79 Å². The molecule has 17 heavy (non-hydrogen) atoms. The molecule has 1 N–H and O–H groups in total. The van der Waals surface area contributed by atoms with E-state index in [2.05, 4.69) is 22.1 Å². The number of nitrogens with one attached hydrogen (secondary N) is 1. The minimum Gasteiger partial charge on any atom is -0.356 e. The zero-order valence-corrected chi connectivity index (χ0v) is 11.2. The van der Waals surface area contributed by atoms with E-state index in [1.54, 1.807) is 19.0 Å². The lowest BCUT2D eigenvalue weighted by atomic mass is 10.4. The van der Waals surface area contributed by atoms with Crippen LogP contribution in [0, 0.1) is 0 Å². The Hall–Kier alpha value is -1.26. The zero-order chi connectivity index (χ0) is 12.7. The molecule has 5 nitrogen and oxygen atoms in total. The van der Waals surface area contributed by atoms with Crippen LogP contribution < -0.4 is 5.32 Å².